The number of nitrogens with one attached hydrogen (secondary N) is 1. The van der Waals surface area contributed by atoms with Gasteiger partial charge in [0, 0.05) is 6.54 Å². The van der Waals surface area contributed by atoms with Crippen molar-refractivity contribution in [2.75, 3.05) is 6.54 Å². The molecule has 0 fully saturated rings. The summed E-state index contributed by atoms with van der Waals surface area (Å²) in [6, 6.07) is 0.0212. The van der Waals surface area contributed by atoms with E-state index in [1.807, 2.05) is 6.92 Å². The van der Waals surface area contributed by atoms with E-state index in [1.165, 1.54) is 0 Å². The summed E-state index contributed by atoms with van der Waals surface area (Å²) >= 11 is 0. The lowest BCUT2D eigenvalue weighted by Crippen LogP contribution is -2.21. The van der Waals surface area contributed by atoms with Crippen LogP contribution in [0.3, 0.4) is 0 Å². The van der Waals surface area contributed by atoms with Crippen LogP contribution in [-0.4, -0.2) is 21.0 Å². The highest BCUT2D eigenvalue weighted by Gasteiger charge is 2.14. The van der Waals surface area contributed by atoms with E-state index in [2.05, 4.69) is 9.50 Å². The highest BCUT2D eigenvalue weighted by Crippen LogP contribution is 2.08. The number of hydrogen-bond acceptors (Lipinski definition) is 4. The molecule has 4 nitrogen and oxygen atoms in total. The Kier molecular flexibility index (Phi) is 2.29. The van der Waals surface area contributed by atoms with Crippen LogP contribution in [-0.2, 0) is 15.2 Å². The van der Waals surface area contributed by atoms with Gasteiger partial charge in [-0.2, -0.15) is 8.42 Å². The molecular formula is C5H9NO3S. The smallest absolute Gasteiger partial charge is 0.298 e. The molecule has 0 radical (unpaired) electrons. The van der Waals surface area contributed by atoms with Crippen molar-refractivity contribution in [3.8, 4) is 0 Å². The first-order chi connectivity index (χ1) is 4.70. The topological polar surface area (TPSA) is 55.4 Å². The van der Waals surface area contributed by atoms with Crippen molar-refractivity contribution in [2.24, 2.45) is 0 Å². The third-order valence-corrected chi connectivity index (χ3v) is 1.69. The van der Waals surface area contributed by atoms with Crippen LogP contribution in [0.25, 0.3) is 0 Å². The summed E-state index contributed by atoms with van der Waals surface area (Å²) in [6.07, 6.45) is 1.72. The fraction of sp³-hybridized carbons (Fsp3) is 0.600. The standard InChI is InChI=1S/C5H9NO3S/c1-4-5(2-3-6-4)9-10(7)8/h2,4,6,10H,3H2,1H3. The summed E-state index contributed by atoms with van der Waals surface area (Å²) in [7, 11) is -2.75. The summed E-state index contributed by atoms with van der Waals surface area (Å²) in [5.41, 5.74) is 0. The summed E-state index contributed by atoms with van der Waals surface area (Å²) in [5.74, 6) is 0.496. The fourth-order valence-electron chi connectivity index (χ4n) is 0.816. The summed E-state index contributed by atoms with van der Waals surface area (Å²) in [6.45, 7) is 2.53. The van der Waals surface area contributed by atoms with Crippen molar-refractivity contribution in [1.29, 1.82) is 0 Å². The zero-order valence-corrected chi connectivity index (χ0v) is 6.43. The predicted octanol–water partition coefficient (Wildman–Crippen LogP) is -0.595. The zero-order valence-electron chi connectivity index (χ0n) is 5.53. The average molecular weight is 163 g/mol. The normalized spacial score (nSPS) is 25.0. The van der Waals surface area contributed by atoms with Gasteiger partial charge in [-0.15, -0.1) is 0 Å². The molecule has 1 unspecified atom stereocenters. The van der Waals surface area contributed by atoms with E-state index in [9.17, 15) is 8.42 Å². The molecule has 1 N–H and O–H groups in total. The Morgan fingerprint density at radius 2 is 2.50 bits per heavy atom. The molecule has 1 atom stereocenters. The molecule has 0 aliphatic carbocycles. The number of rotatable bonds is 2. The minimum Gasteiger partial charge on any atom is -0.387 e. The molecule has 0 saturated carbocycles. The Labute approximate surface area is 61.0 Å². The second-order valence-corrected chi connectivity index (χ2v) is 2.68. The van der Waals surface area contributed by atoms with Crippen LogP contribution in [0.5, 0.6) is 0 Å². The number of hydrogen-bond donors (Lipinski definition) is 2. The third-order valence-electron chi connectivity index (χ3n) is 1.33. The van der Waals surface area contributed by atoms with Crippen molar-refractivity contribution in [2.45, 2.75) is 13.0 Å². The van der Waals surface area contributed by atoms with Gasteiger partial charge in [0.2, 0.25) is 0 Å². The molecule has 1 rings (SSSR count). The van der Waals surface area contributed by atoms with Crippen LogP contribution in [0.15, 0.2) is 11.8 Å². The molecule has 58 valence electrons. The van der Waals surface area contributed by atoms with Crippen LogP contribution in [0.4, 0.5) is 0 Å². The van der Waals surface area contributed by atoms with Gasteiger partial charge in [0.05, 0.1) is 6.04 Å². The molecule has 0 saturated heterocycles. The molecule has 5 heteroatoms. The lowest BCUT2D eigenvalue weighted by atomic mass is 10.3. The van der Waals surface area contributed by atoms with Crippen molar-refractivity contribution in [3.05, 3.63) is 11.8 Å². The van der Waals surface area contributed by atoms with Crippen molar-refractivity contribution < 1.29 is 12.6 Å². The van der Waals surface area contributed by atoms with E-state index >= 15 is 0 Å². The SMILES string of the molecule is CC1NCC=C1O[SH](=O)=O. The van der Waals surface area contributed by atoms with Crippen LogP contribution in [0, 0.1) is 0 Å². The van der Waals surface area contributed by atoms with E-state index in [1.54, 1.807) is 6.08 Å². The monoisotopic (exact) mass is 163 g/mol. The fourth-order valence-corrected chi connectivity index (χ4v) is 1.22. The van der Waals surface area contributed by atoms with Gasteiger partial charge in [0.15, 0.2) is 0 Å². The second-order valence-electron chi connectivity index (χ2n) is 2.05. The van der Waals surface area contributed by atoms with Gasteiger partial charge in [-0.1, -0.05) is 0 Å². The van der Waals surface area contributed by atoms with Gasteiger partial charge in [0.25, 0.3) is 11.0 Å². The average Bonchev–Trinajstić information content (AvgIpc) is 2.15. The molecule has 1 aliphatic rings. The molecule has 0 aromatic heterocycles. The van der Waals surface area contributed by atoms with Crippen LogP contribution in [0.1, 0.15) is 6.92 Å². The Bertz CT molecular complexity index is 213. The Balaban J connectivity index is 2.55. The van der Waals surface area contributed by atoms with E-state index < -0.39 is 11.0 Å². The van der Waals surface area contributed by atoms with E-state index in [4.69, 9.17) is 0 Å². The molecule has 0 amide bonds. The molecular weight excluding hydrogens is 154 g/mol. The van der Waals surface area contributed by atoms with Crippen molar-refractivity contribution >= 4 is 11.0 Å². The molecule has 10 heavy (non-hydrogen) atoms. The molecule has 0 spiro atoms. The zero-order chi connectivity index (χ0) is 7.56. The minimum absolute atomic E-state index is 0.0212. The third kappa shape index (κ3) is 1.71. The summed E-state index contributed by atoms with van der Waals surface area (Å²) in [4.78, 5) is 0. The number of thiol groups is 1. The molecule has 0 bridgehead atoms. The first-order valence-electron chi connectivity index (χ1n) is 2.96. The van der Waals surface area contributed by atoms with E-state index in [-0.39, 0.29) is 6.04 Å². The van der Waals surface area contributed by atoms with Gasteiger partial charge in [-0.05, 0) is 13.0 Å². The van der Waals surface area contributed by atoms with Crippen molar-refractivity contribution in [1.82, 2.24) is 5.32 Å². The first kappa shape index (κ1) is 7.56. The molecule has 0 aromatic rings. The largest absolute Gasteiger partial charge is 0.387 e. The quantitative estimate of drug-likeness (QED) is 0.534. The van der Waals surface area contributed by atoms with Crippen LogP contribution < -0.4 is 5.32 Å². The maximum atomic E-state index is 10.0. The van der Waals surface area contributed by atoms with E-state index in [0.29, 0.717) is 12.3 Å². The lowest BCUT2D eigenvalue weighted by Gasteiger charge is -2.04. The summed E-state index contributed by atoms with van der Waals surface area (Å²) < 4.78 is 24.6. The minimum atomic E-state index is -2.75. The van der Waals surface area contributed by atoms with Gasteiger partial charge in [0.1, 0.15) is 5.76 Å². The Hall–Kier alpha value is -0.550. The lowest BCUT2D eigenvalue weighted by molar-refractivity contribution is 0.394. The highest BCUT2D eigenvalue weighted by atomic mass is 32.2. The predicted molar refractivity (Wildman–Crippen MR) is 36.9 cm³/mol. The Morgan fingerprint density at radius 3 is 2.90 bits per heavy atom. The van der Waals surface area contributed by atoms with Crippen LogP contribution in [0.2, 0.25) is 0 Å². The molecule has 0 aromatic carbocycles. The summed E-state index contributed by atoms with van der Waals surface area (Å²) in [5, 5.41) is 2.99. The van der Waals surface area contributed by atoms with Gasteiger partial charge < -0.3 is 9.50 Å². The van der Waals surface area contributed by atoms with Gasteiger partial charge in [-0.25, -0.2) is 0 Å². The van der Waals surface area contributed by atoms with Gasteiger partial charge >= 0.3 is 0 Å². The van der Waals surface area contributed by atoms with Crippen molar-refractivity contribution in [3.63, 3.8) is 0 Å². The highest BCUT2D eigenvalue weighted by molar-refractivity contribution is 7.67. The maximum Gasteiger partial charge on any atom is 0.298 e. The van der Waals surface area contributed by atoms with E-state index in [0.717, 1.165) is 0 Å². The molecule has 1 aliphatic heterocycles. The second kappa shape index (κ2) is 3.03. The van der Waals surface area contributed by atoms with Crippen LogP contribution >= 0.6 is 0 Å². The maximum absolute atomic E-state index is 10.0. The van der Waals surface area contributed by atoms with Gasteiger partial charge in [-0.3, -0.25) is 0 Å². The molecule has 1 heterocycles. The first-order valence-corrected chi connectivity index (χ1v) is 4.05. The Morgan fingerprint density at radius 1 is 1.80 bits per heavy atom.